The quantitative estimate of drug-likeness (QED) is 0.228. The van der Waals surface area contributed by atoms with Gasteiger partial charge in [0.25, 0.3) is 0 Å². The molecule has 0 radical (unpaired) electrons. The predicted molar refractivity (Wildman–Crippen MR) is 61.4 cm³/mol. The molecule has 0 bridgehead atoms. The Morgan fingerprint density at radius 2 is 1.68 bits per heavy atom. The molecule has 11 nitrogen and oxygen atoms in total. The van der Waals surface area contributed by atoms with Crippen molar-refractivity contribution in [2.45, 2.75) is 37.4 Å². The Balaban J connectivity index is 2.61. The van der Waals surface area contributed by atoms with E-state index in [4.69, 9.17) is 0 Å². The van der Waals surface area contributed by atoms with Gasteiger partial charge in [-0.05, 0) is 0 Å². The molecule has 4 atom stereocenters. The zero-order valence-electron chi connectivity index (χ0n) is 11.3. The van der Waals surface area contributed by atoms with Gasteiger partial charge in [-0.3, -0.25) is 9.59 Å². The molecule has 0 aromatic carbocycles. The molecule has 1 aliphatic heterocycles. The lowest BCUT2D eigenvalue weighted by Crippen LogP contribution is -2.61. The molecule has 22 heavy (non-hydrogen) atoms. The Kier molecular flexibility index (Phi) is 5.68. The van der Waals surface area contributed by atoms with Crippen LogP contribution in [0.4, 0.5) is 0 Å². The lowest BCUT2D eigenvalue weighted by atomic mass is 9.93. The van der Waals surface area contributed by atoms with E-state index in [-0.39, 0.29) is 0 Å². The number of ketones is 2. The largest absolute Gasteiger partial charge is 0.421 e. The van der Waals surface area contributed by atoms with Crippen molar-refractivity contribution >= 4 is 23.5 Å². The fraction of sp³-hybridized carbons (Fsp3) is 0.636. The summed E-state index contributed by atoms with van der Waals surface area (Å²) in [6.07, 6.45) is -6.52. The molecule has 124 valence electrons. The van der Waals surface area contributed by atoms with Crippen molar-refractivity contribution in [2.75, 3.05) is 6.61 Å². The normalized spacial score (nSPS) is 31.2. The topological polar surface area (TPSA) is 177 Å². The highest BCUT2D eigenvalue weighted by Gasteiger charge is 2.50. The first-order valence-electron chi connectivity index (χ1n) is 5.95. The van der Waals surface area contributed by atoms with Crippen molar-refractivity contribution in [3.8, 4) is 0 Å². The second-order valence-corrected chi connectivity index (χ2v) is 4.56. The van der Waals surface area contributed by atoms with E-state index in [9.17, 15) is 39.6 Å². The average Bonchev–Trinajstić information content (AvgIpc) is 2.46. The number of aliphatic hydroxyl groups excluding tert-OH is 3. The second-order valence-electron chi connectivity index (χ2n) is 4.56. The summed E-state index contributed by atoms with van der Waals surface area (Å²) in [4.78, 5) is 51.5. The molecule has 1 aliphatic rings. The van der Waals surface area contributed by atoms with Gasteiger partial charge < -0.3 is 25.2 Å². The molecule has 0 amide bonds. The standard InChI is InChI=1S/C11H14O11/c1-4(12)9(17)21-22-10(18)5(13)2-11(19)8(16)7(15)6(14)3-20-11/h6-8,14-16,19H,2-3H2,1H3/t6-,7+,8-,11?/m1/s1. The molecule has 1 saturated heterocycles. The van der Waals surface area contributed by atoms with Crippen molar-refractivity contribution in [3.63, 3.8) is 0 Å². The Morgan fingerprint density at radius 1 is 1.14 bits per heavy atom. The molecule has 0 spiro atoms. The van der Waals surface area contributed by atoms with Gasteiger partial charge in [0.1, 0.15) is 18.3 Å². The first-order chi connectivity index (χ1) is 10.1. The van der Waals surface area contributed by atoms with E-state index in [1.165, 1.54) is 0 Å². The number of carbonyl (C=O) groups excluding carboxylic acids is 4. The van der Waals surface area contributed by atoms with E-state index in [0.717, 1.165) is 6.92 Å². The van der Waals surface area contributed by atoms with E-state index in [1.54, 1.807) is 0 Å². The molecule has 0 aliphatic carbocycles. The van der Waals surface area contributed by atoms with Gasteiger partial charge in [0, 0.05) is 6.92 Å². The van der Waals surface area contributed by atoms with Crippen LogP contribution in [0.25, 0.3) is 0 Å². The van der Waals surface area contributed by atoms with Crippen molar-refractivity contribution in [3.05, 3.63) is 0 Å². The number of ether oxygens (including phenoxy) is 1. The lowest BCUT2D eigenvalue weighted by molar-refractivity contribution is -0.320. The summed E-state index contributed by atoms with van der Waals surface area (Å²) in [6, 6.07) is 0. The Hall–Kier alpha value is -1.92. The number of rotatable bonds is 4. The van der Waals surface area contributed by atoms with Crippen LogP contribution < -0.4 is 0 Å². The predicted octanol–water partition coefficient (Wildman–Crippen LogP) is -3.66. The summed E-state index contributed by atoms with van der Waals surface area (Å²) >= 11 is 0. The SMILES string of the molecule is CC(=O)C(=O)OOC(=O)C(=O)CC1(O)OC[C@@H](O)[C@H](O)[C@H]1O. The molecule has 0 aromatic rings. The highest BCUT2D eigenvalue weighted by Crippen LogP contribution is 2.27. The van der Waals surface area contributed by atoms with Gasteiger partial charge in [0.05, 0.1) is 13.0 Å². The minimum absolute atomic E-state index is 0.601. The number of hydrogen-bond acceptors (Lipinski definition) is 11. The summed E-state index contributed by atoms with van der Waals surface area (Å²) in [5.41, 5.74) is 0. The van der Waals surface area contributed by atoms with E-state index >= 15 is 0 Å². The van der Waals surface area contributed by atoms with Gasteiger partial charge in [-0.15, -0.1) is 0 Å². The summed E-state index contributed by atoms with van der Waals surface area (Å²) < 4.78 is 4.65. The molecule has 1 unspecified atom stereocenters. The molecule has 1 heterocycles. The first kappa shape index (κ1) is 18.1. The molecule has 0 saturated carbocycles. The number of Topliss-reactive ketones (excluding diaryl/α,β-unsaturated/α-hetero) is 2. The van der Waals surface area contributed by atoms with E-state index < -0.39 is 60.6 Å². The molecule has 1 fully saturated rings. The third kappa shape index (κ3) is 4.05. The van der Waals surface area contributed by atoms with Crippen molar-refractivity contribution in [1.29, 1.82) is 0 Å². The van der Waals surface area contributed by atoms with Crippen LogP contribution >= 0.6 is 0 Å². The monoisotopic (exact) mass is 322 g/mol. The maximum atomic E-state index is 11.5. The summed E-state index contributed by atoms with van der Waals surface area (Å²) in [5.74, 6) is -8.45. The van der Waals surface area contributed by atoms with Crippen LogP contribution in [0.15, 0.2) is 0 Å². The summed E-state index contributed by atoms with van der Waals surface area (Å²) in [5, 5.41) is 38.1. The maximum Gasteiger partial charge on any atom is 0.421 e. The van der Waals surface area contributed by atoms with Gasteiger partial charge in [0.2, 0.25) is 17.4 Å². The van der Waals surface area contributed by atoms with Crippen LogP contribution in [0.5, 0.6) is 0 Å². The highest BCUT2D eigenvalue weighted by atomic mass is 17.2. The van der Waals surface area contributed by atoms with Crippen LogP contribution in [0.1, 0.15) is 13.3 Å². The Labute approximate surface area is 122 Å². The van der Waals surface area contributed by atoms with Crippen molar-refractivity contribution in [1.82, 2.24) is 0 Å². The van der Waals surface area contributed by atoms with Gasteiger partial charge in [-0.25, -0.2) is 19.4 Å². The molecule has 11 heteroatoms. The Morgan fingerprint density at radius 3 is 2.23 bits per heavy atom. The van der Waals surface area contributed by atoms with Crippen molar-refractivity contribution < 1.29 is 54.1 Å². The molecule has 4 N–H and O–H groups in total. The van der Waals surface area contributed by atoms with E-state index in [2.05, 4.69) is 14.5 Å². The maximum absolute atomic E-state index is 11.5. The van der Waals surface area contributed by atoms with Gasteiger partial charge in [-0.1, -0.05) is 0 Å². The third-order valence-corrected chi connectivity index (χ3v) is 2.81. The van der Waals surface area contributed by atoms with Gasteiger partial charge >= 0.3 is 11.9 Å². The van der Waals surface area contributed by atoms with Crippen LogP contribution in [0.2, 0.25) is 0 Å². The third-order valence-electron chi connectivity index (χ3n) is 2.81. The second kappa shape index (κ2) is 6.89. The Bertz CT molecular complexity index is 486. The van der Waals surface area contributed by atoms with Crippen molar-refractivity contribution in [2.24, 2.45) is 0 Å². The fourth-order valence-corrected chi connectivity index (χ4v) is 1.53. The van der Waals surface area contributed by atoms with Crippen LogP contribution in [-0.4, -0.2) is 74.6 Å². The first-order valence-corrected chi connectivity index (χ1v) is 5.95. The molecular weight excluding hydrogens is 308 g/mol. The smallest absolute Gasteiger partial charge is 0.388 e. The number of aliphatic hydroxyl groups is 4. The summed E-state index contributed by atoms with van der Waals surface area (Å²) in [7, 11) is 0. The minimum atomic E-state index is -2.64. The van der Waals surface area contributed by atoms with E-state index in [0.29, 0.717) is 0 Å². The highest BCUT2D eigenvalue weighted by molar-refractivity contribution is 6.35. The minimum Gasteiger partial charge on any atom is -0.388 e. The van der Waals surface area contributed by atoms with Crippen LogP contribution in [0, 0.1) is 0 Å². The zero-order valence-corrected chi connectivity index (χ0v) is 11.3. The average molecular weight is 322 g/mol. The van der Waals surface area contributed by atoms with E-state index in [1.807, 2.05) is 0 Å². The molecule has 1 rings (SSSR count). The zero-order chi connectivity index (χ0) is 17.1. The number of carbonyl (C=O) groups is 4. The fourth-order valence-electron chi connectivity index (χ4n) is 1.53. The van der Waals surface area contributed by atoms with Crippen LogP contribution in [-0.2, 0) is 33.7 Å². The summed E-state index contributed by atoms with van der Waals surface area (Å²) in [6.45, 7) is 0.232. The van der Waals surface area contributed by atoms with Gasteiger partial charge in [0.15, 0.2) is 0 Å². The number of hydrogen-bond donors (Lipinski definition) is 4. The van der Waals surface area contributed by atoms with Crippen LogP contribution in [0.3, 0.4) is 0 Å². The van der Waals surface area contributed by atoms with Gasteiger partial charge in [-0.2, -0.15) is 0 Å². The molecule has 0 aromatic heterocycles. The lowest BCUT2D eigenvalue weighted by Gasteiger charge is -2.40. The molecular formula is C11H14O11.